The maximum atomic E-state index is 12.9. The molecular formula is C13H19F. The molecule has 0 aliphatic heterocycles. The lowest BCUT2D eigenvalue weighted by Crippen LogP contribution is -2.05. The summed E-state index contributed by atoms with van der Waals surface area (Å²) in [6.45, 7) is 6.72. The van der Waals surface area contributed by atoms with Crippen LogP contribution in [0, 0.1) is 17.7 Å². The van der Waals surface area contributed by atoms with Gasteiger partial charge >= 0.3 is 0 Å². The molecule has 0 saturated heterocycles. The second-order valence-electron chi connectivity index (χ2n) is 4.39. The van der Waals surface area contributed by atoms with Gasteiger partial charge in [0.25, 0.3) is 0 Å². The highest BCUT2D eigenvalue weighted by molar-refractivity contribution is 5.16. The number of aryl methyl sites for hydroxylation is 1. The van der Waals surface area contributed by atoms with Gasteiger partial charge in [-0.3, -0.25) is 0 Å². The van der Waals surface area contributed by atoms with Crippen molar-refractivity contribution in [3.05, 3.63) is 35.6 Å². The topological polar surface area (TPSA) is 0 Å². The fourth-order valence-corrected chi connectivity index (χ4v) is 1.42. The van der Waals surface area contributed by atoms with Gasteiger partial charge in [-0.2, -0.15) is 0 Å². The normalized spacial score (nSPS) is 13.2. The second kappa shape index (κ2) is 5.14. The van der Waals surface area contributed by atoms with Crippen LogP contribution in [-0.4, -0.2) is 0 Å². The van der Waals surface area contributed by atoms with Crippen LogP contribution < -0.4 is 0 Å². The van der Waals surface area contributed by atoms with Gasteiger partial charge in [-0.05, 0) is 42.4 Å². The predicted octanol–water partition coefficient (Wildman–Crippen LogP) is 4.05. The van der Waals surface area contributed by atoms with Crippen molar-refractivity contribution in [2.75, 3.05) is 0 Å². The van der Waals surface area contributed by atoms with E-state index in [9.17, 15) is 4.39 Å². The Morgan fingerprint density at radius 2 is 1.93 bits per heavy atom. The predicted molar refractivity (Wildman–Crippen MR) is 58.7 cm³/mol. The molecule has 0 aliphatic carbocycles. The van der Waals surface area contributed by atoms with Crippen molar-refractivity contribution < 1.29 is 4.39 Å². The van der Waals surface area contributed by atoms with Crippen LogP contribution in [0.1, 0.15) is 32.8 Å². The van der Waals surface area contributed by atoms with E-state index in [1.807, 2.05) is 6.07 Å². The van der Waals surface area contributed by atoms with Gasteiger partial charge in [0.2, 0.25) is 0 Å². The summed E-state index contributed by atoms with van der Waals surface area (Å²) < 4.78 is 12.9. The monoisotopic (exact) mass is 194 g/mol. The first-order valence-electron chi connectivity index (χ1n) is 5.34. The molecule has 1 unspecified atom stereocenters. The fraction of sp³-hybridized carbons (Fsp3) is 0.538. The molecule has 0 fully saturated rings. The van der Waals surface area contributed by atoms with E-state index in [-0.39, 0.29) is 5.82 Å². The Morgan fingerprint density at radius 3 is 2.50 bits per heavy atom. The molecule has 0 heterocycles. The van der Waals surface area contributed by atoms with Gasteiger partial charge in [-0.1, -0.05) is 32.9 Å². The fourth-order valence-electron chi connectivity index (χ4n) is 1.42. The average molecular weight is 194 g/mol. The average Bonchev–Trinajstić information content (AvgIpc) is 2.14. The van der Waals surface area contributed by atoms with Gasteiger partial charge < -0.3 is 0 Å². The van der Waals surface area contributed by atoms with Gasteiger partial charge in [0, 0.05) is 0 Å². The molecule has 1 rings (SSSR count). The third-order valence-electron chi connectivity index (χ3n) is 2.92. The summed E-state index contributed by atoms with van der Waals surface area (Å²) in [5.74, 6) is 1.29. The molecule has 0 N–H and O–H groups in total. The van der Waals surface area contributed by atoms with E-state index in [2.05, 4.69) is 20.8 Å². The van der Waals surface area contributed by atoms with Crippen LogP contribution in [0.3, 0.4) is 0 Å². The maximum absolute atomic E-state index is 12.9. The first kappa shape index (κ1) is 11.2. The van der Waals surface area contributed by atoms with E-state index < -0.39 is 0 Å². The van der Waals surface area contributed by atoms with Crippen molar-refractivity contribution in [2.24, 2.45) is 11.8 Å². The molecule has 0 bridgehead atoms. The van der Waals surface area contributed by atoms with E-state index in [4.69, 9.17) is 0 Å². The summed E-state index contributed by atoms with van der Waals surface area (Å²) >= 11 is 0. The van der Waals surface area contributed by atoms with E-state index in [1.165, 1.54) is 6.07 Å². The van der Waals surface area contributed by atoms with Crippen molar-refractivity contribution in [1.82, 2.24) is 0 Å². The van der Waals surface area contributed by atoms with E-state index in [0.29, 0.717) is 11.8 Å². The zero-order valence-corrected chi connectivity index (χ0v) is 9.26. The Labute approximate surface area is 86.2 Å². The first-order valence-corrected chi connectivity index (χ1v) is 5.34. The molecule has 0 aliphatic rings. The van der Waals surface area contributed by atoms with Crippen LogP contribution in [0.2, 0.25) is 0 Å². The second-order valence-corrected chi connectivity index (χ2v) is 4.39. The summed E-state index contributed by atoms with van der Waals surface area (Å²) in [4.78, 5) is 0. The Bertz CT molecular complexity index is 278. The Morgan fingerprint density at radius 1 is 1.21 bits per heavy atom. The van der Waals surface area contributed by atoms with Gasteiger partial charge in [0.05, 0.1) is 0 Å². The van der Waals surface area contributed by atoms with Crippen LogP contribution in [-0.2, 0) is 6.42 Å². The van der Waals surface area contributed by atoms with E-state index in [1.54, 1.807) is 12.1 Å². The van der Waals surface area contributed by atoms with E-state index >= 15 is 0 Å². The Balaban J connectivity index is 2.45. The lowest BCUT2D eigenvalue weighted by atomic mass is 9.91. The van der Waals surface area contributed by atoms with Gasteiger partial charge in [-0.15, -0.1) is 0 Å². The van der Waals surface area contributed by atoms with E-state index in [0.717, 1.165) is 18.4 Å². The Hall–Kier alpha value is -0.850. The van der Waals surface area contributed by atoms with Crippen LogP contribution in [0.15, 0.2) is 24.3 Å². The highest BCUT2D eigenvalue weighted by atomic mass is 19.1. The largest absolute Gasteiger partial charge is 0.207 e. The maximum Gasteiger partial charge on any atom is 0.123 e. The SMILES string of the molecule is CC(C)C(C)CCc1cccc(F)c1. The minimum Gasteiger partial charge on any atom is -0.207 e. The molecule has 14 heavy (non-hydrogen) atoms. The molecule has 1 aromatic rings. The number of halogens is 1. The van der Waals surface area contributed by atoms with Crippen LogP contribution >= 0.6 is 0 Å². The quantitative estimate of drug-likeness (QED) is 0.678. The third kappa shape index (κ3) is 3.49. The standard InChI is InChI=1S/C13H19F/c1-10(2)11(3)7-8-12-5-4-6-13(14)9-12/h4-6,9-11H,7-8H2,1-3H3. The van der Waals surface area contributed by atoms with Crippen LogP contribution in [0.5, 0.6) is 0 Å². The molecular weight excluding hydrogens is 175 g/mol. The van der Waals surface area contributed by atoms with Crippen LogP contribution in [0.25, 0.3) is 0 Å². The highest BCUT2D eigenvalue weighted by Crippen LogP contribution is 2.17. The molecule has 0 radical (unpaired) electrons. The van der Waals surface area contributed by atoms with Crippen molar-refractivity contribution in [2.45, 2.75) is 33.6 Å². The summed E-state index contributed by atoms with van der Waals surface area (Å²) in [5.41, 5.74) is 1.11. The molecule has 78 valence electrons. The minimum atomic E-state index is -0.125. The molecule has 0 amide bonds. The van der Waals surface area contributed by atoms with Crippen molar-refractivity contribution >= 4 is 0 Å². The highest BCUT2D eigenvalue weighted by Gasteiger charge is 2.06. The number of rotatable bonds is 4. The molecule has 1 atom stereocenters. The number of hydrogen-bond acceptors (Lipinski definition) is 0. The molecule has 0 spiro atoms. The Kier molecular flexibility index (Phi) is 4.12. The van der Waals surface area contributed by atoms with Gasteiger partial charge in [-0.25, -0.2) is 4.39 Å². The lowest BCUT2D eigenvalue weighted by molar-refractivity contribution is 0.392. The smallest absolute Gasteiger partial charge is 0.123 e. The molecule has 0 aromatic heterocycles. The first-order chi connectivity index (χ1) is 6.59. The van der Waals surface area contributed by atoms with Gasteiger partial charge in [0.15, 0.2) is 0 Å². The third-order valence-corrected chi connectivity index (χ3v) is 2.92. The zero-order valence-electron chi connectivity index (χ0n) is 9.26. The van der Waals surface area contributed by atoms with Crippen LogP contribution in [0.4, 0.5) is 4.39 Å². The number of benzene rings is 1. The molecule has 0 nitrogen and oxygen atoms in total. The number of hydrogen-bond donors (Lipinski definition) is 0. The summed E-state index contributed by atoms with van der Waals surface area (Å²) in [6.07, 6.45) is 2.12. The van der Waals surface area contributed by atoms with Gasteiger partial charge in [0.1, 0.15) is 5.82 Å². The summed E-state index contributed by atoms with van der Waals surface area (Å²) in [6, 6.07) is 6.91. The molecule has 1 aromatic carbocycles. The molecule has 0 saturated carbocycles. The summed E-state index contributed by atoms with van der Waals surface area (Å²) in [5, 5.41) is 0. The van der Waals surface area contributed by atoms with Crippen molar-refractivity contribution in [3.8, 4) is 0 Å². The van der Waals surface area contributed by atoms with Crippen molar-refractivity contribution in [1.29, 1.82) is 0 Å². The molecule has 1 heteroatoms. The van der Waals surface area contributed by atoms with Crippen molar-refractivity contribution in [3.63, 3.8) is 0 Å². The minimum absolute atomic E-state index is 0.125. The zero-order chi connectivity index (χ0) is 10.6. The lowest BCUT2D eigenvalue weighted by Gasteiger charge is -2.14. The summed E-state index contributed by atoms with van der Waals surface area (Å²) in [7, 11) is 0.